The van der Waals surface area contributed by atoms with Crippen LogP contribution in [0, 0.1) is 0 Å². The lowest BCUT2D eigenvalue weighted by Crippen LogP contribution is -2.19. The van der Waals surface area contributed by atoms with Crippen molar-refractivity contribution in [1.82, 2.24) is 15.0 Å². The molecule has 8 heteroatoms. The first-order chi connectivity index (χ1) is 11.5. The van der Waals surface area contributed by atoms with Crippen molar-refractivity contribution in [3.8, 4) is 11.5 Å². The molecule has 3 rings (SSSR count). The van der Waals surface area contributed by atoms with Gasteiger partial charge in [-0.3, -0.25) is 9.78 Å². The zero-order chi connectivity index (χ0) is 17.3. The van der Waals surface area contributed by atoms with Gasteiger partial charge in [0.2, 0.25) is 5.95 Å². The number of aromatic amines is 2. The summed E-state index contributed by atoms with van der Waals surface area (Å²) >= 11 is 0. The summed E-state index contributed by atoms with van der Waals surface area (Å²) in [4.78, 5) is 23.7. The average molecular weight is 329 g/mol. The second kappa shape index (κ2) is 6.15. The van der Waals surface area contributed by atoms with E-state index >= 15 is 0 Å². The summed E-state index contributed by atoms with van der Waals surface area (Å²) < 4.78 is 10.7. The lowest BCUT2D eigenvalue weighted by molar-refractivity contribution is 0.403. The first-order valence-electron chi connectivity index (χ1n) is 7.32. The van der Waals surface area contributed by atoms with Gasteiger partial charge in [-0.05, 0) is 12.1 Å². The second-order valence-corrected chi connectivity index (χ2v) is 5.38. The number of ether oxygens (including phenoxy) is 2. The molecule has 0 spiro atoms. The van der Waals surface area contributed by atoms with Gasteiger partial charge in [-0.15, -0.1) is 0 Å². The molecule has 3 aromatic rings. The summed E-state index contributed by atoms with van der Waals surface area (Å²) in [7, 11) is 5.14. The van der Waals surface area contributed by atoms with E-state index in [1.807, 2.05) is 30.1 Å². The van der Waals surface area contributed by atoms with Gasteiger partial charge in [0.15, 0.2) is 0 Å². The van der Waals surface area contributed by atoms with Gasteiger partial charge in [0.05, 0.1) is 25.3 Å². The van der Waals surface area contributed by atoms with Gasteiger partial charge >= 0.3 is 0 Å². The van der Waals surface area contributed by atoms with Gasteiger partial charge in [0.25, 0.3) is 5.56 Å². The van der Waals surface area contributed by atoms with Crippen molar-refractivity contribution in [3.63, 3.8) is 0 Å². The van der Waals surface area contributed by atoms with Gasteiger partial charge in [-0.25, -0.2) is 0 Å². The third-order valence-corrected chi connectivity index (χ3v) is 3.85. The van der Waals surface area contributed by atoms with Crippen molar-refractivity contribution in [2.45, 2.75) is 6.54 Å². The Kier molecular flexibility index (Phi) is 4.03. The number of nitrogens with two attached hydrogens (primary N) is 1. The van der Waals surface area contributed by atoms with Crippen LogP contribution < -0.4 is 25.7 Å². The molecular weight excluding hydrogens is 310 g/mol. The molecule has 0 fully saturated rings. The number of benzene rings is 1. The van der Waals surface area contributed by atoms with Crippen LogP contribution in [0.1, 0.15) is 5.56 Å². The predicted molar refractivity (Wildman–Crippen MR) is 92.8 cm³/mol. The number of H-pyrrole nitrogens is 2. The Labute approximate surface area is 138 Å². The number of anilines is 2. The van der Waals surface area contributed by atoms with Crippen molar-refractivity contribution in [3.05, 3.63) is 40.3 Å². The predicted octanol–water partition coefficient (Wildman–Crippen LogP) is 1.49. The normalized spacial score (nSPS) is 10.8. The van der Waals surface area contributed by atoms with Gasteiger partial charge in [0, 0.05) is 31.4 Å². The molecule has 2 heterocycles. The Balaban J connectivity index is 1.99. The van der Waals surface area contributed by atoms with Crippen molar-refractivity contribution >= 4 is 22.7 Å². The molecule has 0 atom stereocenters. The number of aromatic nitrogens is 3. The SMILES string of the molecule is COc1ccc(OC)c(N(C)Cc2c[nH]c3nc(N)[nH]c(=O)c23)c1. The van der Waals surface area contributed by atoms with Gasteiger partial charge in [0.1, 0.15) is 17.1 Å². The quantitative estimate of drug-likeness (QED) is 0.654. The van der Waals surface area contributed by atoms with E-state index in [4.69, 9.17) is 15.2 Å². The molecule has 0 saturated carbocycles. The van der Waals surface area contributed by atoms with Gasteiger partial charge < -0.3 is 25.1 Å². The zero-order valence-electron chi connectivity index (χ0n) is 13.7. The molecule has 0 unspecified atom stereocenters. The monoisotopic (exact) mass is 329 g/mol. The zero-order valence-corrected chi connectivity index (χ0v) is 13.7. The smallest absolute Gasteiger partial charge is 0.262 e. The van der Waals surface area contributed by atoms with E-state index in [1.165, 1.54) is 0 Å². The van der Waals surface area contributed by atoms with Crippen LogP contribution in [-0.4, -0.2) is 36.2 Å². The molecular formula is C16H19N5O3. The highest BCUT2D eigenvalue weighted by molar-refractivity contribution is 5.80. The molecule has 24 heavy (non-hydrogen) atoms. The number of hydrogen-bond acceptors (Lipinski definition) is 6. The summed E-state index contributed by atoms with van der Waals surface area (Å²) in [6.07, 6.45) is 1.76. The van der Waals surface area contributed by atoms with Crippen molar-refractivity contribution in [2.75, 3.05) is 31.9 Å². The number of nitrogens with one attached hydrogen (secondary N) is 2. The minimum absolute atomic E-state index is 0.0868. The molecule has 8 nitrogen and oxygen atoms in total. The molecule has 2 aromatic heterocycles. The molecule has 0 aliphatic rings. The summed E-state index contributed by atoms with van der Waals surface area (Å²) in [5, 5.41) is 0.498. The average Bonchev–Trinajstić information content (AvgIpc) is 2.96. The van der Waals surface area contributed by atoms with Gasteiger partial charge in [-0.1, -0.05) is 0 Å². The van der Waals surface area contributed by atoms with E-state index in [2.05, 4.69) is 15.0 Å². The molecule has 0 radical (unpaired) electrons. The Morgan fingerprint density at radius 2 is 2.08 bits per heavy atom. The molecule has 0 aliphatic heterocycles. The first-order valence-corrected chi connectivity index (χ1v) is 7.32. The highest BCUT2D eigenvalue weighted by Gasteiger charge is 2.15. The summed E-state index contributed by atoms with van der Waals surface area (Å²) in [6, 6.07) is 5.56. The van der Waals surface area contributed by atoms with Crippen LogP contribution in [0.2, 0.25) is 0 Å². The van der Waals surface area contributed by atoms with E-state index in [-0.39, 0.29) is 11.5 Å². The van der Waals surface area contributed by atoms with Crippen molar-refractivity contribution in [2.24, 2.45) is 0 Å². The fourth-order valence-electron chi connectivity index (χ4n) is 2.68. The minimum atomic E-state index is -0.264. The molecule has 0 saturated heterocycles. The molecule has 126 valence electrons. The van der Waals surface area contributed by atoms with E-state index in [9.17, 15) is 4.79 Å². The maximum absolute atomic E-state index is 12.2. The van der Waals surface area contributed by atoms with Crippen LogP contribution >= 0.6 is 0 Å². The fourth-order valence-corrected chi connectivity index (χ4v) is 2.68. The fraction of sp³-hybridized carbons (Fsp3) is 0.250. The molecule has 4 N–H and O–H groups in total. The topological polar surface area (TPSA) is 109 Å². The van der Waals surface area contributed by atoms with Crippen LogP contribution in [0.25, 0.3) is 11.0 Å². The summed E-state index contributed by atoms with van der Waals surface area (Å²) in [5.41, 5.74) is 7.44. The number of fused-ring (bicyclic) bond motifs is 1. The van der Waals surface area contributed by atoms with Gasteiger partial charge in [-0.2, -0.15) is 4.98 Å². The first kappa shape index (κ1) is 15.7. The maximum Gasteiger partial charge on any atom is 0.262 e. The Bertz CT molecular complexity index is 931. The Morgan fingerprint density at radius 1 is 1.29 bits per heavy atom. The van der Waals surface area contributed by atoms with Crippen LogP contribution in [0.3, 0.4) is 0 Å². The number of nitrogens with zero attached hydrogens (tertiary/aromatic N) is 2. The second-order valence-electron chi connectivity index (χ2n) is 5.38. The maximum atomic E-state index is 12.2. The number of methoxy groups -OCH3 is 2. The van der Waals surface area contributed by atoms with E-state index in [0.717, 1.165) is 22.7 Å². The Morgan fingerprint density at radius 3 is 2.79 bits per heavy atom. The summed E-state index contributed by atoms with van der Waals surface area (Å²) in [5.74, 6) is 1.53. The van der Waals surface area contributed by atoms with E-state index < -0.39 is 0 Å². The third kappa shape index (κ3) is 2.73. The molecule has 0 amide bonds. The molecule has 1 aromatic carbocycles. The number of nitrogen functional groups attached to an aromatic ring is 1. The third-order valence-electron chi connectivity index (χ3n) is 3.85. The number of hydrogen-bond donors (Lipinski definition) is 3. The largest absolute Gasteiger partial charge is 0.497 e. The lowest BCUT2D eigenvalue weighted by atomic mass is 10.2. The van der Waals surface area contributed by atoms with Crippen LogP contribution in [0.15, 0.2) is 29.2 Å². The van der Waals surface area contributed by atoms with Crippen LogP contribution in [0.4, 0.5) is 11.6 Å². The van der Waals surface area contributed by atoms with Crippen LogP contribution in [0.5, 0.6) is 11.5 Å². The highest BCUT2D eigenvalue weighted by Crippen LogP contribution is 2.32. The minimum Gasteiger partial charge on any atom is -0.497 e. The summed E-state index contributed by atoms with van der Waals surface area (Å²) in [6.45, 7) is 0.484. The van der Waals surface area contributed by atoms with Crippen LogP contribution in [-0.2, 0) is 6.54 Å². The van der Waals surface area contributed by atoms with E-state index in [0.29, 0.717) is 17.6 Å². The van der Waals surface area contributed by atoms with Crippen molar-refractivity contribution < 1.29 is 9.47 Å². The highest BCUT2D eigenvalue weighted by atomic mass is 16.5. The molecule has 0 bridgehead atoms. The van der Waals surface area contributed by atoms with Crippen molar-refractivity contribution in [1.29, 1.82) is 0 Å². The number of rotatable bonds is 5. The Hall–Kier alpha value is -3.16. The standard InChI is InChI=1S/C16H19N5O3/c1-21(11-6-10(23-2)4-5-12(11)24-3)8-9-7-18-14-13(9)15(22)20-16(17)19-14/h4-7H,8H2,1-3H3,(H4,17,18,19,20,22). The lowest BCUT2D eigenvalue weighted by Gasteiger charge is -2.22. The van der Waals surface area contributed by atoms with E-state index in [1.54, 1.807) is 20.4 Å². The molecule has 0 aliphatic carbocycles.